The van der Waals surface area contributed by atoms with Gasteiger partial charge in [-0.05, 0) is 29.5 Å². The van der Waals surface area contributed by atoms with Crippen LogP contribution in [0.4, 0.5) is 13.2 Å². The molecule has 1 aromatic carbocycles. The number of alkyl halides is 3. The van der Waals surface area contributed by atoms with Crippen molar-refractivity contribution in [1.29, 1.82) is 0 Å². The second-order valence-electron chi connectivity index (χ2n) is 3.77. The van der Waals surface area contributed by atoms with E-state index in [0.717, 1.165) is 4.47 Å². The standard InChI is InChI=1S/C11H8BrF3O2S/c12-7-3-1-6(2-4-7)10-8(5-9(16)17-10)18-11(13,14)15/h1-4,8,10H,5H2/t8-,10+/m0/s1. The van der Waals surface area contributed by atoms with Gasteiger partial charge in [0.05, 0.1) is 11.7 Å². The van der Waals surface area contributed by atoms with E-state index in [1.165, 1.54) is 0 Å². The first-order chi connectivity index (χ1) is 8.35. The number of carbonyl (C=O) groups excluding carboxylic acids is 1. The predicted octanol–water partition coefficient (Wildman–Crippen LogP) is 4.06. The Morgan fingerprint density at radius 3 is 2.44 bits per heavy atom. The average Bonchev–Trinajstić information content (AvgIpc) is 2.58. The minimum atomic E-state index is -4.37. The number of hydrogen-bond donors (Lipinski definition) is 0. The zero-order valence-corrected chi connectivity index (χ0v) is 11.3. The van der Waals surface area contributed by atoms with Gasteiger partial charge in [0, 0.05) is 4.47 Å². The van der Waals surface area contributed by atoms with Gasteiger partial charge in [0.2, 0.25) is 0 Å². The Hall–Kier alpha value is -0.690. The number of carbonyl (C=O) groups is 1. The zero-order chi connectivity index (χ0) is 13.3. The van der Waals surface area contributed by atoms with E-state index in [9.17, 15) is 18.0 Å². The molecule has 1 aliphatic rings. The maximum atomic E-state index is 12.4. The summed E-state index contributed by atoms with van der Waals surface area (Å²) in [6.07, 6.45) is -1.05. The van der Waals surface area contributed by atoms with Crippen molar-refractivity contribution in [3.05, 3.63) is 34.3 Å². The van der Waals surface area contributed by atoms with Crippen LogP contribution in [0.1, 0.15) is 18.1 Å². The van der Waals surface area contributed by atoms with Gasteiger partial charge >= 0.3 is 11.5 Å². The van der Waals surface area contributed by atoms with Crippen LogP contribution in [0.25, 0.3) is 0 Å². The van der Waals surface area contributed by atoms with Crippen LogP contribution in [0.15, 0.2) is 28.7 Å². The number of ether oxygens (including phenoxy) is 1. The van der Waals surface area contributed by atoms with Crippen LogP contribution in [0, 0.1) is 0 Å². The van der Waals surface area contributed by atoms with Crippen molar-refractivity contribution in [3.63, 3.8) is 0 Å². The van der Waals surface area contributed by atoms with Crippen LogP contribution in [0.5, 0.6) is 0 Å². The third-order valence-electron chi connectivity index (χ3n) is 2.45. The molecule has 1 aromatic rings. The summed E-state index contributed by atoms with van der Waals surface area (Å²) in [4.78, 5) is 11.2. The first-order valence-corrected chi connectivity index (χ1v) is 6.72. The van der Waals surface area contributed by atoms with Gasteiger partial charge < -0.3 is 4.74 Å². The van der Waals surface area contributed by atoms with E-state index in [2.05, 4.69) is 15.9 Å². The first-order valence-electron chi connectivity index (χ1n) is 5.04. The SMILES string of the molecule is O=C1C[C@H](SC(F)(F)F)[C@@H](c2ccc(Br)cc2)O1. The molecule has 2 nitrogen and oxygen atoms in total. The van der Waals surface area contributed by atoms with Crippen molar-refractivity contribution >= 4 is 33.7 Å². The van der Waals surface area contributed by atoms with Crippen molar-refractivity contribution in [3.8, 4) is 0 Å². The molecule has 1 heterocycles. The molecule has 2 atom stereocenters. The highest BCUT2D eigenvalue weighted by atomic mass is 79.9. The van der Waals surface area contributed by atoms with Crippen molar-refractivity contribution in [2.45, 2.75) is 23.3 Å². The molecule has 0 spiro atoms. The largest absolute Gasteiger partial charge is 0.456 e. The van der Waals surface area contributed by atoms with E-state index in [1.807, 2.05) is 0 Å². The number of rotatable bonds is 2. The van der Waals surface area contributed by atoms with Crippen LogP contribution < -0.4 is 0 Å². The van der Waals surface area contributed by atoms with E-state index in [1.54, 1.807) is 24.3 Å². The highest BCUT2D eigenvalue weighted by Gasteiger charge is 2.44. The fourth-order valence-electron chi connectivity index (χ4n) is 1.75. The normalized spacial score (nSPS) is 24.1. The second kappa shape index (κ2) is 5.13. The van der Waals surface area contributed by atoms with Gasteiger partial charge in [-0.1, -0.05) is 28.1 Å². The number of thioether (sulfide) groups is 1. The maximum absolute atomic E-state index is 12.4. The number of halogens is 4. The highest BCUT2D eigenvalue weighted by molar-refractivity contribution is 9.10. The Morgan fingerprint density at radius 2 is 1.89 bits per heavy atom. The zero-order valence-electron chi connectivity index (χ0n) is 8.91. The lowest BCUT2D eigenvalue weighted by Gasteiger charge is -2.18. The van der Waals surface area contributed by atoms with Crippen LogP contribution in [0.3, 0.4) is 0 Å². The van der Waals surface area contributed by atoms with Gasteiger partial charge in [0.15, 0.2) is 0 Å². The van der Waals surface area contributed by atoms with Crippen molar-refractivity contribution in [2.24, 2.45) is 0 Å². The molecule has 7 heteroatoms. The molecule has 0 unspecified atom stereocenters. The van der Waals surface area contributed by atoms with Crippen LogP contribution in [0.2, 0.25) is 0 Å². The van der Waals surface area contributed by atoms with Gasteiger partial charge in [0.1, 0.15) is 6.10 Å². The minimum absolute atomic E-state index is 0.182. The molecule has 1 saturated heterocycles. The molecule has 98 valence electrons. The van der Waals surface area contributed by atoms with Crippen molar-refractivity contribution in [2.75, 3.05) is 0 Å². The van der Waals surface area contributed by atoms with Crippen molar-refractivity contribution in [1.82, 2.24) is 0 Å². The van der Waals surface area contributed by atoms with E-state index < -0.39 is 22.8 Å². The fraction of sp³-hybridized carbons (Fsp3) is 0.364. The smallest absolute Gasteiger partial charge is 0.442 e. The summed E-state index contributed by atoms with van der Waals surface area (Å²) in [5, 5.41) is -0.918. The topological polar surface area (TPSA) is 26.3 Å². The summed E-state index contributed by atoms with van der Waals surface area (Å²) in [6.45, 7) is 0. The third-order valence-corrected chi connectivity index (χ3v) is 3.96. The highest BCUT2D eigenvalue weighted by Crippen LogP contribution is 2.45. The van der Waals surface area contributed by atoms with Gasteiger partial charge in [0.25, 0.3) is 0 Å². The third kappa shape index (κ3) is 3.41. The Morgan fingerprint density at radius 1 is 1.28 bits per heavy atom. The summed E-state index contributed by atoms with van der Waals surface area (Å²) in [5.41, 5.74) is -3.79. The second-order valence-corrected chi connectivity index (χ2v) is 5.99. The van der Waals surface area contributed by atoms with Gasteiger partial charge in [-0.25, -0.2) is 0 Å². The predicted molar refractivity (Wildman–Crippen MR) is 65.0 cm³/mol. The molecule has 0 aliphatic carbocycles. The Balaban J connectivity index is 2.19. The quantitative estimate of drug-likeness (QED) is 0.759. The molecule has 0 bridgehead atoms. The van der Waals surface area contributed by atoms with Crippen LogP contribution in [-0.4, -0.2) is 16.7 Å². The summed E-state index contributed by atoms with van der Waals surface area (Å²) in [5.74, 6) is -0.593. The summed E-state index contributed by atoms with van der Waals surface area (Å²) in [7, 11) is 0. The van der Waals surface area contributed by atoms with Crippen LogP contribution in [-0.2, 0) is 9.53 Å². The van der Waals surface area contributed by atoms with Gasteiger partial charge in [-0.3, -0.25) is 4.79 Å². The van der Waals surface area contributed by atoms with Gasteiger partial charge in [-0.2, -0.15) is 13.2 Å². The van der Waals surface area contributed by atoms with Crippen molar-refractivity contribution < 1.29 is 22.7 Å². The molecular formula is C11H8BrF3O2S. The molecule has 0 N–H and O–H groups in total. The molecule has 0 saturated carbocycles. The fourth-order valence-corrected chi connectivity index (χ4v) is 2.91. The minimum Gasteiger partial charge on any atom is -0.456 e. The molecule has 18 heavy (non-hydrogen) atoms. The molecule has 1 aliphatic heterocycles. The number of cyclic esters (lactones) is 1. The first kappa shape index (κ1) is 13.7. The summed E-state index contributed by atoms with van der Waals surface area (Å²) in [6, 6.07) is 6.71. The summed E-state index contributed by atoms with van der Waals surface area (Å²) < 4.78 is 42.9. The number of benzene rings is 1. The molecule has 2 rings (SSSR count). The Labute approximate surface area is 114 Å². The monoisotopic (exact) mass is 340 g/mol. The lowest BCUT2D eigenvalue weighted by Crippen LogP contribution is -2.15. The molecule has 0 amide bonds. The number of hydrogen-bond acceptors (Lipinski definition) is 3. The Bertz CT molecular complexity index is 447. The number of esters is 1. The molecule has 0 aromatic heterocycles. The van der Waals surface area contributed by atoms with E-state index in [4.69, 9.17) is 4.74 Å². The van der Waals surface area contributed by atoms with Gasteiger partial charge in [-0.15, -0.1) is 0 Å². The van der Waals surface area contributed by atoms with Crippen LogP contribution >= 0.6 is 27.7 Å². The van der Waals surface area contributed by atoms with E-state index in [-0.39, 0.29) is 18.2 Å². The molecule has 1 fully saturated rings. The molecular weight excluding hydrogens is 333 g/mol. The lowest BCUT2D eigenvalue weighted by molar-refractivity contribution is -0.141. The molecule has 0 radical (unpaired) electrons. The average molecular weight is 341 g/mol. The van der Waals surface area contributed by atoms with E-state index in [0.29, 0.717) is 5.56 Å². The Kier molecular flexibility index (Phi) is 3.91. The maximum Gasteiger partial charge on any atom is 0.442 e. The summed E-state index contributed by atoms with van der Waals surface area (Å²) >= 11 is 3.05. The van der Waals surface area contributed by atoms with E-state index >= 15 is 0 Å². The lowest BCUT2D eigenvalue weighted by atomic mass is 10.1.